The van der Waals surface area contributed by atoms with Gasteiger partial charge in [0, 0.05) is 0 Å². The summed E-state index contributed by atoms with van der Waals surface area (Å²) >= 11 is 4.15. The van der Waals surface area contributed by atoms with Gasteiger partial charge < -0.3 is 0 Å². The van der Waals surface area contributed by atoms with Gasteiger partial charge in [0.05, 0.1) is 0 Å². The molecule has 0 amide bonds. The van der Waals surface area contributed by atoms with E-state index >= 15 is 0 Å². The maximum absolute atomic E-state index is 5.98. The van der Waals surface area contributed by atoms with Crippen molar-refractivity contribution in [1.29, 1.82) is 0 Å². The number of rotatable bonds is 2. The number of ether oxygens (including phenoxy) is 1. The molecule has 0 aromatic carbocycles. The Kier molecular flexibility index (Phi) is 3.63. The molecule has 2 nitrogen and oxygen atoms in total. The van der Waals surface area contributed by atoms with Gasteiger partial charge in [-0.05, 0) is 0 Å². The molecule has 96 valence electrons. The quantitative estimate of drug-likeness (QED) is 0.737. The summed E-state index contributed by atoms with van der Waals surface area (Å²) in [7, 11) is 1.88. The van der Waals surface area contributed by atoms with Gasteiger partial charge in [0.25, 0.3) is 0 Å². The fourth-order valence-electron chi connectivity index (χ4n) is 2.86. The van der Waals surface area contributed by atoms with Crippen LogP contribution in [0, 0.1) is 0 Å². The van der Waals surface area contributed by atoms with Gasteiger partial charge in [0.1, 0.15) is 0 Å². The van der Waals surface area contributed by atoms with Crippen LogP contribution in [-0.2, 0) is 10.3 Å². The summed E-state index contributed by atoms with van der Waals surface area (Å²) < 4.78 is 11.1. The topological polar surface area (TPSA) is 13.3 Å². The van der Waals surface area contributed by atoms with E-state index in [0.29, 0.717) is 14.7 Å². The minimum absolute atomic E-state index is 0.0108. The molecule has 0 saturated heterocycles. The van der Waals surface area contributed by atoms with Crippen LogP contribution in [0.4, 0.5) is 0 Å². The van der Waals surface area contributed by atoms with Gasteiger partial charge in [0.15, 0.2) is 0 Å². The van der Waals surface area contributed by atoms with Gasteiger partial charge in [-0.2, -0.15) is 0 Å². The predicted molar refractivity (Wildman–Crippen MR) is 76.0 cm³/mol. The second-order valence-corrected chi connectivity index (χ2v) is 7.76. The van der Waals surface area contributed by atoms with Gasteiger partial charge in [-0.25, -0.2) is 0 Å². The molecule has 1 fully saturated rings. The van der Waals surface area contributed by atoms with Crippen molar-refractivity contribution in [2.24, 2.45) is 0 Å². The number of nitrogens with zero attached hydrogens (tertiary/aromatic N) is 1. The van der Waals surface area contributed by atoms with Crippen LogP contribution in [0.15, 0.2) is 28.9 Å². The predicted octanol–water partition coefficient (Wildman–Crippen LogP) is 3.05. The Morgan fingerprint density at radius 3 is 2.72 bits per heavy atom. The van der Waals surface area contributed by atoms with Crippen LogP contribution >= 0.6 is 15.9 Å². The molecule has 0 radical (unpaired) electrons. The van der Waals surface area contributed by atoms with E-state index in [2.05, 4.69) is 43.7 Å². The fourth-order valence-corrected chi connectivity index (χ4v) is 6.74. The van der Waals surface area contributed by atoms with E-state index in [9.17, 15) is 0 Å². The second-order valence-electron chi connectivity index (χ2n) is 4.91. The number of aromatic nitrogens is 1. The first-order valence-corrected chi connectivity index (χ1v) is 8.83. The van der Waals surface area contributed by atoms with Gasteiger partial charge in [0.2, 0.25) is 0 Å². The van der Waals surface area contributed by atoms with Gasteiger partial charge in [-0.15, -0.1) is 0 Å². The fraction of sp³-hybridized carbons (Fsp3) is 0.500. The summed E-state index contributed by atoms with van der Waals surface area (Å²) in [5.74, 6) is 0. The number of halogens is 1. The molecule has 0 N–H and O–H groups in total. The van der Waals surface area contributed by atoms with Crippen molar-refractivity contribution >= 4 is 36.2 Å². The molecular weight excluding hydrogens is 357 g/mol. The zero-order chi connectivity index (χ0) is 12.6. The van der Waals surface area contributed by atoms with E-state index in [0.717, 1.165) is 0 Å². The molecule has 2 aromatic heterocycles. The number of hydrogen-bond donors (Lipinski definition) is 0. The Morgan fingerprint density at radius 1 is 1.28 bits per heavy atom. The first-order chi connectivity index (χ1) is 8.77. The van der Waals surface area contributed by atoms with Crippen LogP contribution in [0.3, 0.4) is 0 Å². The molecular formula is C14H17BrNOSe+. The molecule has 0 aliphatic heterocycles. The van der Waals surface area contributed by atoms with Crippen LogP contribution in [0.1, 0.15) is 36.5 Å². The Labute approximate surface area is 122 Å². The zero-order valence-electron chi connectivity index (χ0n) is 10.5. The van der Waals surface area contributed by atoms with E-state index in [1.807, 2.05) is 7.11 Å². The molecule has 1 aliphatic carbocycles. The third-order valence-corrected chi connectivity index (χ3v) is 7.97. The van der Waals surface area contributed by atoms with E-state index in [4.69, 9.17) is 4.74 Å². The molecule has 2 aromatic rings. The summed E-state index contributed by atoms with van der Waals surface area (Å²) in [5, 5.41) is 0. The molecule has 0 spiro atoms. The summed E-state index contributed by atoms with van der Waals surface area (Å²) in [5.41, 5.74) is 1.29. The average Bonchev–Trinajstić information content (AvgIpc) is 2.78. The average molecular weight is 374 g/mol. The van der Waals surface area contributed by atoms with E-state index in [1.165, 1.54) is 46.5 Å². The van der Waals surface area contributed by atoms with Crippen LogP contribution in [0.25, 0.3) is 5.52 Å². The van der Waals surface area contributed by atoms with Crippen molar-refractivity contribution in [3.8, 4) is 0 Å². The molecule has 1 saturated carbocycles. The van der Waals surface area contributed by atoms with Crippen molar-refractivity contribution < 1.29 is 8.13 Å². The summed E-state index contributed by atoms with van der Waals surface area (Å²) in [4.78, 5) is 0. The van der Waals surface area contributed by atoms with Crippen molar-refractivity contribution in [2.75, 3.05) is 7.11 Å². The van der Waals surface area contributed by atoms with Crippen molar-refractivity contribution in [2.45, 2.75) is 37.7 Å². The van der Waals surface area contributed by atoms with Crippen LogP contribution in [-0.4, -0.2) is 21.8 Å². The normalized spacial score (nSPS) is 19.2. The molecule has 0 bridgehead atoms. The Morgan fingerprint density at radius 2 is 2.06 bits per heavy atom. The van der Waals surface area contributed by atoms with Crippen LogP contribution in [0.2, 0.25) is 0 Å². The van der Waals surface area contributed by atoms with Crippen molar-refractivity contribution in [3.63, 3.8) is 0 Å². The van der Waals surface area contributed by atoms with Gasteiger partial charge in [-0.1, -0.05) is 0 Å². The van der Waals surface area contributed by atoms with Gasteiger partial charge in [-0.3, -0.25) is 0 Å². The molecule has 18 heavy (non-hydrogen) atoms. The SMILES string of the molecule is COC1(c2[se][n+]3ccccc3c2Br)CCCCC1. The van der Waals surface area contributed by atoms with Crippen molar-refractivity contribution in [3.05, 3.63) is 33.3 Å². The number of methoxy groups -OCH3 is 1. The molecule has 0 unspecified atom stereocenters. The third-order valence-electron chi connectivity index (χ3n) is 3.90. The standard InChI is InChI=1S/C14H17BrNOSe/c1-17-14(8-4-2-5-9-14)13-12(15)11-7-3-6-10-16(11)18-13/h3,6-7,10H,2,4-5,8-9H2,1H3/q+1. The van der Waals surface area contributed by atoms with E-state index in [-0.39, 0.29) is 5.60 Å². The molecule has 3 rings (SSSR count). The van der Waals surface area contributed by atoms with Crippen molar-refractivity contribution in [1.82, 2.24) is 0 Å². The summed E-state index contributed by atoms with van der Waals surface area (Å²) in [6.45, 7) is 0. The Hall–Kier alpha value is -0.151. The summed E-state index contributed by atoms with van der Waals surface area (Å²) in [6, 6.07) is 6.40. The van der Waals surface area contributed by atoms with Crippen LogP contribution in [0.5, 0.6) is 0 Å². The maximum atomic E-state index is 5.98. The molecule has 0 atom stereocenters. The second kappa shape index (κ2) is 5.09. The number of hydrogen-bond acceptors (Lipinski definition) is 1. The van der Waals surface area contributed by atoms with E-state index < -0.39 is 0 Å². The van der Waals surface area contributed by atoms with E-state index in [1.54, 1.807) is 0 Å². The number of pyridine rings is 1. The monoisotopic (exact) mass is 374 g/mol. The Balaban J connectivity index is 2.14. The molecule has 4 heteroatoms. The minimum atomic E-state index is -0.0108. The van der Waals surface area contributed by atoms with Gasteiger partial charge >= 0.3 is 122 Å². The summed E-state index contributed by atoms with van der Waals surface area (Å²) in [6.07, 6.45) is 8.44. The van der Waals surface area contributed by atoms with Crippen LogP contribution < -0.4 is 3.40 Å². The Bertz CT molecular complexity index is 560. The zero-order valence-corrected chi connectivity index (χ0v) is 13.8. The first kappa shape index (κ1) is 12.9. The number of fused-ring (bicyclic) bond motifs is 1. The molecule has 1 aliphatic rings. The third kappa shape index (κ3) is 2.00. The molecule has 2 heterocycles. The first-order valence-electron chi connectivity index (χ1n) is 6.42.